The number of pyridine rings is 1. The van der Waals surface area contributed by atoms with Gasteiger partial charge in [-0.25, -0.2) is 17.2 Å². The molecule has 0 spiro atoms. The van der Waals surface area contributed by atoms with E-state index in [9.17, 15) is 22.0 Å². The van der Waals surface area contributed by atoms with E-state index < -0.39 is 15.9 Å². The van der Waals surface area contributed by atoms with Gasteiger partial charge in [0.1, 0.15) is 0 Å². The molecule has 0 aliphatic heterocycles. The van der Waals surface area contributed by atoms with Crippen LogP contribution in [0.5, 0.6) is 0 Å². The topological polar surface area (TPSA) is 68.2 Å². The molecule has 1 aliphatic carbocycles. The van der Waals surface area contributed by atoms with Crippen LogP contribution >= 0.6 is 0 Å². The zero-order valence-corrected chi connectivity index (χ0v) is 18.6. The molecular formula is C23H28F2N2O3S. The number of nitrogens with one attached hydrogen (secondary N) is 1. The van der Waals surface area contributed by atoms with Crippen molar-refractivity contribution in [3.05, 3.63) is 63.9 Å². The second-order valence-corrected chi connectivity index (χ2v) is 9.84. The van der Waals surface area contributed by atoms with Gasteiger partial charge in [-0.05, 0) is 66.5 Å². The first-order valence-electron chi connectivity index (χ1n) is 10.4. The molecule has 1 aliphatic rings. The summed E-state index contributed by atoms with van der Waals surface area (Å²) in [5, 5.41) is 0.838. The summed E-state index contributed by atoms with van der Waals surface area (Å²) >= 11 is 0. The third-order valence-electron chi connectivity index (χ3n) is 5.88. The van der Waals surface area contributed by atoms with Gasteiger partial charge in [0.2, 0.25) is 5.92 Å². The number of alkyl halides is 2. The molecule has 8 heteroatoms. The lowest BCUT2D eigenvalue weighted by molar-refractivity contribution is -0.0456. The predicted molar refractivity (Wildman–Crippen MR) is 120 cm³/mol. The minimum Gasteiger partial charge on any atom is -0.318 e. The second kappa shape index (κ2) is 8.94. The standard InChI is InChI=1S/C23H28F2N2O3S/c1-4-17-13-19(15-27(3)22(17)28)21-14-20(26-31(29,30)5-2)7-6-18(21)12-16-8-10-23(24,25)11-9-16/h5-7,13-16,26H,2,4,8-12H2,1,3H3. The van der Waals surface area contributed by atoms with E-state index in [0.717, 1.165) is 22.1 Å². The van der Waals surface area contributed by atoms with Crippen molar-refractivity contribution in [1.82, 2.24) is 4.57 Å². The van der Waals surface area contributed by atoms with Crippen molar-refractivity contribution in [3.8, 4) is 11.1 Å². The van der Waals surface area contributed by atoms with Crippen LogP contribution in [0.2, 0.25) is 0 Å². The normalized spacial score (nSPS) is 16.8. The van der Waals surface area contributed by atoms with Crippen LogP contribution < -0.4 is 10.3 Å². The highest BCUT2D eigenvalue weighted by Crippen LogP contribution is 2.39. The van der Waals surface area contributed by atoms with Crippen LogP contribution in [0.1, 0.15) is 43.7 Å². The minimum atomic E-state index is -3.68. The minimum absolute atomic E-state index is 0.0779. The molecule has 1 aromatic carbocycles. The molecule has 0 amide bonds. The van der Waals surface area contributed by atoms with E-state index in [1.807, 2.05) is 19.1 Å². The van der Waals surface area contributed by atoms with Crippen molar-refractivity contribution in [3.63, 3.8) is 0 Å². The number of hydrogen-bond donors (Lipinski definition) is 1. The SMILES string of the molecule is C=CS(=O)(=O)Nc1ccc(CC2CCC(F)(F)CC2)c(-c2cc(CC)c(=O)n(C)c2)c1. The Morgan fingerprint density at radius 1 is 1.23 bits per heavy atom. The Hall–Kier alpha value is -2.48. The van der Waals surface area contributed by atoms with Crippen molar-refractivity contribution in [1.29, 1.82) is 0 Å². The number of nitrogens with zero attached hydrogens (tertiary/aromatic N) is 1. The van der Waals surface area contributed by atoms with Crippen molar-refractivity contribution >= 4 is 15.7 Å². The molecule has 1 saturated carbocycles. The fraction of sp³-hybridized carbons (Fsp3) is 0.435. The van der Waals surface area contributed by atoms with Gasteiger partial charge in [0.25, 0.3) is 15.6 Å². The van der Waals surface area contributed by atoms with E-state index in [4.69, 9.17) is 0 Å². The van der Waals surface area contributed by atoms with Gasteiger partial charge < -0.3 is 4.57 Å². The van der Waals surface area contributed by atoms with E-state index in [1.54, 1.807) is 25.4 Å². The highest BCUT2D eigenvalue weighted by Gasteiger charge is 2.35. The molecule has 0 bridgehead atoms. The molecular weight excluding hydrogens is 422 g/mol. The van der Waals surface area contributed by atoms with Crippen LogP contribution in [-0.4, -0.2) is 18.9 Å². The molecule has 168 valence electrons. The number of aryl methyl sites for hydroxylation is 2. The Labute approximate surface area is 181 Å². The molecule has 1 fully saturated rings. The third-order valence-corrected chi connectivity index (χ3v) is 6.84. The second-order valence-electron chi connectivity index (χ2n) is 8.21. The van der Waals surface area contributed by atoms with Crippen molar-refractivity contribution < 1.29 is 17.2 Å². The first kappa shape index (κ1) is 23.2. The number of sulfonamides is 1. The Kier molecular flexibility index (Phi) is 6.69. The summed E-state index contributed by atoms with van der Waals surface area (Å²) in [4.78, 5) is 12.3. The molecule has 5 nitrogen and oxygen atoms in total. The highest BCUT2D eigenvalue weighted by molar-refractivity contribution is 7.95. The van der Waals surface area contributed by atoms with Gasteiger partial charge in [0.15, 0.2) is 0 Å². The van der Waals surface area contributed by atoms with E-state index in [0.29, 0.717) is 36.9 Å². The lowest BCUT2D eigenvalue weighted by atomic mass is 9.81. The third kappa shape index (κ3) is 5.61. The van der Waals surface area contributed by atoms with Gasteiger partial charge in [0.05, 0.1) is 0 Å². The number of aromatic nitrogens is 1. The Balaban J connectivity index is 2.03. The molecule has 31 heavy (non-hydrogen) atoms. The Morgan fingerprint density at radius 3 is 2.52 bits per heavy atom. The van der Waals surface area contributed by atoms with E-state index in [1.165, 1.54) is 4.57 Å². The van der Waals surface area contributed by atoms with Crippen LogP contribution in [0.15, 0.2) is 47.2 Å². The quantitative estimate of drug-likeness (QED) is 0.655. The Morgan fingerprint density at radius 2 is 1.90 bits per heavy atom. The van der Waals surface area contributed by atoms with E-state index >= 15 is 0 Å². The van der Waals surface area contributed by atoms with E-state index in [-0.39, 0.29) is 24.3 Å². The molecule has 0 unspecified atom stereocenters. The molecule has 0 radical (unpaired) electrons. The fourth-order valence-electron chi connectivity index (χ4n) is 4.09. The van der Waals surface area contributed by atoms with Crippen LogP contribution in [-0.2, 0) is 29.9 Å². The van der Waals surface area contributed by atoms with Crippen molar-refractivity contribution in [2.75, 3.05) is 4.72 Å². The zero-order chi connectivity index (χ0) is 22.8. The van der Waals surface area contributed by atoms with E-state index in [2.05, 4.69) is 11.3 Å². The molecule has 0 saturated heterocycles. The first-order valence-corrected chi connectivity index (χ1v) is 11.9. The van der Waals surface area contributed by atoms with Crippen LogP contribution in [0.3, 0.4) is 0 Å². The number of benzene rings is 1. The summed E-state index contributed by atoms with van der Waals surface area (Å²) in [6.45, 7) is 5.21. The molecule has 3 rings (SSSR count). The maximum absolute atomic E-state index is 13.6. The molecule has 2 aromatic rings. The van der Waals surface area contributed by atoms with Gasteiger partial charge in [-0.1, -0.05) is 19.6 Å². The average Bonchev–Trinajstić information content (AvgIpc) is 2.72. The first-order chi connectivity index (χ1) is 14.5. The summed E-state index contributed by atoms with van der Waals surface area (Å²) in [5.74, 6) is -2.45. The van der Waals surface area contributed by atoms with Crippen LogP contribution in [0, 0.1) is 5.92 Å². The van der Waals surface area contributed by atoms with Crippen LogP contribution in [0.4, 0.5) is 14.5 Å². The summed E-state index contributed by atoms with van der Waals surface area (Å²) < 4.78 is 55.0. The predicted octanol–water partition coefficient (Wildman–Crippen LogP) is 4.87. The smallest absolute Gasteiger partial charge is 0.254 e. The maximum Gasteiger partial charge on any atom is 0.254 e. The summed E-state index contributed by atoms with van der Waals surface area (Å²) in [5.41, 5.74) is 3.46. The number of anilines is 1. The van der Waals surface area contributed by atoms with Gasteiger partial charge in [0, 0.05) is 42.7 Å². The number of hydrogen-bond acceptors (Lipinski definition) is 3. The van der Waals surface area contributed by atoms with Crippen molar-refractivity contribution in [2.24, 2.45) is 13.0 Å². The Bertz CT molecular complexity index is 1130. The average molecular weight is 451 g/mol. The summed E-state index contributed by atoms with van der Waals surface area (Å²) in [7, 11) is -2.00. The molecule has 1 heterocycles. The van der Waals surface area contributed by atoms with Gasteiger partial charge in [-0.15, -0.1) is 0 Å². The van der Waals surface area contributed by atoms with Gasteiger partial charge in [-0.3, -0.25) is 9.52 Å². The lowest BCUT2D eigenvalue weighted by Gasteiger charge is -2.29. The van der Waals surface area contributed by atoms with Crippen molar-refractivity contribution in [2.45, 2.75) is 51.4 Å². The zero-order valence-electron chi connectivity index (χ0n) is 17.8. The summed E-state index contributed by atoms with van der Waals surface area (Å²) in [6, 6.07) is 7.05. The summed E-state index contributed by atoms with van der Waals surface area (Å²) in [6.07, 6.45) is 3.59. The number of rotatable bonds is 7. The van der Waals surface area contributed by atoms with Crippen LogP contribution in [0.25, 0.3) is 11.1 Å². The molecule has 0 atom stereocenters. The maximum atomic E-state index is 13.6. The molecule has 1 aromatic heterocycles. The highest BCUT2D eigenvalue weighted by atomic mass is 32.2. The number of halogens is 2. The molecule has 1 N–H and O–H groups in total. The van der Waals surface area contributed by atoms with Gasteiger partial charge in [-0.2, -0.15) is 0 Å². The fourth-order valence-corrected chi connectivity index (χ4v) is 4.63. The largest absolute Gasteiger partial charge is 0.318 e. The lowest BCUT2D eigenvalue weighted by Crippen LogP contribution is -2.25. The van der Waals surface area contributed by atoms with Gasteiger partial charge >= 0.3 is 0 Å². The monoisotopic (exact) mass is 450 g/mol.